The van der Waals surface area contributed by atoms with E-state index in [1.807, 2.05) is 12.1 Å². The number of anilines is 1. The SMILES string of the molecule is O=C(Nc1ccc(OCCN2CCOCC2)nc1)c1c[nH]c2c1-c1ncccc1CCC2. The minimum absolute atomic E-state index is 0.177. The number of fused-ring (bicyclic) bond motifs is 3. The molecule has 0 aromatic carbocycles. The highest BCUT2D eigenvalue weighted by Crippen LogP contribution is 2.33. The molecule has 8 heteroatoms. The summed E-state index contributed by atoms with van der Waals surface area (Å²) in [5.74, 6) is 0.369. The van der Waals surface area contributed by atoms with Crippen molar-refractivity contribution in [2.45, 2.75) is 19.3 Å². The maximum atomic E-state index is 13.1. The highest BCUT2D eigenvalue weighted by Gasteiger charge is 2.24. The van der Waals surface area contributed by atoms with Gasteiger partial charge in [-0.2, -0.15) is 0 Å². The van der Waals surface area contributed by atoms with Crippen LogP contribution in [0.5, 0.6) is 5.88 Å². The first kappa shape index (κ1) is 20.7. The number of hydrogen-bond acceptors (Lipinski definition) is 6. The van der Waals surface area contributed by atoms with Crippen LogP contribution in [0.25, 0.3) is 11.3 Å². The number of amides is 1. The molecule has 0 spiro atoms. The predicted octanol–water partition coefficient (Wildman–Crippen LogP) is 2.92. The number of pyridine rings is 2. The molecular weight excluding hydrogens is 406 g/mol. The number of H-pyrrole nitrogens is 1. The molecule has 2 aliphatic rings. The van der Waals surface area contributed by atoms with E-state index in [1.165, 1.54) is 5.56 Å². The van der Waals surface area contributed by atoms with Crippen molar-refractivity contribution in [3.8, 4) is 17.1 Å². The summed E-state index contributed by atoms with van der Waals surface area (Å²) >= 11 is 0. The van der Waals surface area contributed by atoms with Gasteiger partial charge in [-0.15, -0.1) is 0 Å². The van der Waals surface area contributed by atoms with E-state index in [0.29, 0.717) is 23.7 Å². The average molecular weight is 434 g/mol. The van der Waals surface area contributed by atoms with Gasteiger partial charge in [0.05, 0.1) is 36.4 Å². The zero-order valence-electron chi connectivity index (χ0n) is 18.0. The van der Waals surface area contributed by atoms with Gasteiger partial charge in [-0.1, -0.05) is 6.07 Å². The normalized spacial score (nSPS) is 16.0. The molecule has 0 bridgehead atoms. The lowest BCUT2D eigenvalue weighted by molar-refractivity contribution is 0.0320. The van der Waals surface area contributed by atoms with E-state index < -0.39 is 0 Å². The topological polar surface area (TPSA) is 92.4 Å². The monoisotopic (exact) mass is 433 g/mol. The Morgan fingerprint density at radius 3 is 2.94 bits per heavy atom. The van der Waals surface area contributed by atoms with Gasteiger partial charge in [-0.3, -0.25) is 14.7 Å². The summed E-state index contributed by atoms with van der Waals surface area (Å²) < 4.78 is 11.1. The number of nitrogens with one attached hydrogen (secondary N) is 2. The second-order valence-electron chi connectivity index (χ2n) is 8.06. The van der Waals surface area contributed by atoms with Gasteiger partial charge >= 0.3 is 0 Å². The molecule has 4 heterocycles. The summed E-state index contributed by atoms with van der Waals surface area (Å²) in [7, 11) is 0. The van der Waals surface area contributed by atoms with E-state index in [1.54, 1.807) is 24.7 Å². The fourth-order valence-electron chi connectivity index (χ4n) is 4.28. The van der Waals surface area contributed by atoms with Gasteiger partial charge < -0.3 is 19.8 Å². The molecule has 2 N–H and O–H groups in total. The first-order chi connectivity index (χ1) is 15.8. The molecule has 8 nitrogen and oxygen atoms in total. The number of carbonyl (C=O) groups is 1. The van der Waals surface area contributed by atoms with Crippen LogP contribution in [-0.2, 0) is 17.6 Å². The molecule has 1 aliphatic carbocycles. The fraction of sp³-hybridized carbons (Fsp3) is 0.375. The van der Waals surface area contributed by atoms with E-state index >= 15 is 0 Å². The zero-order valence-corrected chi connectivity index (χ0v) is 18.0. The van der Waals surface area contributed by atoms with Crippen molar-refractivity contribution in [1.82, 2.24) is 19.9 Å². The molecule has 32 heavy (non-hydrogen) atoms. The van der Waals surface area contributed by atoms with Gasteiger partial charge in [-0.05, 0) is 37.0 Å². The third kappa shape index (κ3) is 4.51. The standard InChI is InChI=1S/C24H27N5O3/c30-24(19-16-26-20-5-1-3-17-4-2-8-25-23(17)22(19)20)28-18-6-7-21(27-15-18)32-14-11-29-9-12-31-13-10-29/h2,4,6-8,15-16,26H,1,3,5,9-14H2,(H,28,30). The second kappa shape index (κ2) is 9.50. The number of ether oxygens (including phenoxy) is 2. The van der Waals surface area contributed by atoms with Crippen molar-refractivity contribution in [2.24, 2.45) is 0 Å². The Labute approximate surface area is 187 Å². The minimum atomic E-state index is -0.177. The third-order valence-electron chi connectivity index (χ3n) is 5.96. The Morgan fingerprint density at radius 2 is 2.09 bits per heavy atom. The molecular formula is C24H27N5O3. The van der Waals surface area contributed by atoms with Crippen molar-refractivity contribution >= 4 is 11.6 Å². The Hall–Kier alpha value is -3.23. The van der Waals surface area contributed by atoms with Crippen LogP contribution in [0.1, 0.15) is 28.0 Å². The third-order valence-corrected chi connectivity index (χ3v) is 5.96. The van der Waals surface area contributed by atoms with Crippen molar-refractivity contribution in [1.29, 1.82) is 0 Å². The summed E-state index contributed by atoms with van der Waals surface area (Å²) in [4.78, 5) is 27.6. The van der Waals surface area contributed by atoms with E-state index in [-0.39, 0.29) is 5.91 Å². The average Bonchev–Trinajstić information content (AvgIpc) is 3.16. The largest absolute Gasteiger partial charge is 0.476 e. The van der Waals surface area contributed by atoms with Gasteiger partial charge in [0.15, 0.2) is 0 Å². The summed E-state index contributed by atoms with van der Waals surface area (Å²) in [6.07, 6.45) is 8.08. The highest BCUT2D eigenvalue weighted by atomic mass is 16.5. The Balaban J connectivity index is 1.23. The lowest BCUT2D eigenvalue weighted by Crippen LogP contribution is -2.38. The minimum Gasteiger partial charge on any atom is -0.476 e. The molecule has 5 rings (SSSR count). The summed E-state index contributed by atoms with van der Waals surface area (Å²) in [6, 6.07) is 7.64. The van der Waals surface area contributed by atoms with Crippen molar-refractivity contribution < 1.29 is 14.3 Å². The predicted molar refractivity (Wildman–Crippen MR) is 121 cm³/mol. The van der Waals surface area contributed by atoms with Crippen molar-refractivity contribution in [3.63, 3.8) is 0 Å². The molecule has 0 atom stereocenters. The molecule has 0 saturated carbocycles. The highest BCUT2D eigenvalue weighted by molar-refractivity contribution is 6.09. The molecule has 1 aliphatic heterocycles. The fourth-order valence-corrected chi connectivity index (χ4v) is 4.28. The van der Waals surface area contributed by atoms with E-state index in [2.05, 4.69) is 31.2 Å². The van der Waals surface area contributed by atoms with Crippen molar-refractivity contribution in [3.05, 3.63) is 59.7 Å². The van der Waals surface area contributed by atoms with Crippen LogP contribution < -0.4 is 10.1 Å². The van der Waals surface area contributed by atoms with Crippen LogP contribution in [-0.4, -0.2) is 65.2 Å². The molecule has 0 unspecified atom stereocenters. The number of hydrogen-bond donors (Lipinski definition) is 2. The van der Waals surface area contributed by atoms with Gasteiger partial charge in [-0.25, -0.2) is 4.98 Å². The molecule has 1 saturated heterocycles. The number of aryl methyl sites for hydroxylation is 2. The molecule has 0 radical (unpaired) electrons. The molecule has 1 amide bonds. The van der Waals surface area contributed by atoms with Crippen LogP contribution in [0.15, 0.2) is 42.9 Å². The van der Waals surface area contributed by atoms with E-state index in [0.717, 1.165) is 69.1 Å². The number of aromatic nitrogens is 3. The lowest BCUT2D eigenvalue weighted by atomic mass is 10.0. The van der Waals surface area contributed by atoms with Gasteiger partial charge in [0, 0.05) is 49.4 Å². The first-order valence-electron chi connectivity index (χ1n) is 11.1. The van der Waals surface area contributed by atoms with Crippen LogP contribution in [0.3, 0.4) is 0 Å². The molecule has 3 aromatic rings. The lowest BCUT2D eigenvalue weighted by Gasteiger charge is -2.26. The van der Waals surface area contributed by atoms with Gasteiger partial charge in [0.25, 0.3) is 5.91 Å². The maximum Gasteiger partial charge on any atom is 0.257 e. The zero-order chi connectivity index (χ0) is 21.8. The molecule has 166 valence electrons. The number of morpholine rings is 1. The van der Waals surface area contributed by atoms with Gasteiger partial charge in [0.2, 0.25) is 5.88 Å². The number of nitrogens with zero attached hydrogens (tertiary/aromatic N) is 3. The Morgan fingerprint density at radius 1 is 1.19 bits per heavy atom. The maximum absolute atomic E-state index is 13.1. The Kier molecular flexibility index (Phi) is 6.13. The van der Waals surface area contributed by atoms with Crippen LogP contribution in [0.4, 0.5) is 5.69 Å². The first-order valence-corrected chi connectivity index (χ1v) is 11.1. The van der Waals surface area contributed by atoms with E-state index in [4.69, 9.17) is 9.47 Å². The van der Waals surface area contributed by atoms with Gasteiger partial charge in [0.1, 0.15) is 6.61 Å². The summed E-state index contributed by atoms with van der Waals surface area (Å²) in [5, 5.41) is 2.95. The van der Waals surface area contributed by atoms with E-state index in [9.17, 15) is 4.79 Å². The molecule has 1 fully saturated rings. The quantitative estimate of drug-likeness (QED) is 0.621. The van der Waals surface area contributed by atoms with Crippen LogP contribution in [0, 0.1) is 0 Å². The summed E-state index contributed by atoms with van der Waals surface area (Å²) in [6.45, 7) is 4.84. The van der Waals surface area contributed by atoms with Crippen LogP contribution >= 0.6 is 0 Å². The number of aromatic amines is 1. The second-order valence-corrected chi connectivity index (χ2v) is 8.06. The van der Waals surface area contributed by atoms with Crippen LogP contribution in [0.2, 0.25) is 0 Å². The number of carbonyl (C=O) groups excluding carboxylic acids is 1. The Bertz CT molecular complexity index is 1070. The smallest absolute Gasteiger partial charge is 0.257 e. The molecule has 3 aromatic heterocycles. The number of rotatable bonds is 6. The van der Waals surface area contributed by atoms with Crippen molar-refractivity contribution in [2.75, 3.05) is 44.8 Å². The summed E-state index contributed by atoms with van der Waals surface area (Å²) in [5.41, 5.74) is 5.28.